The largest absolute Gasteiger partial charge is 0.461 e. The van der Waals surface area contributed by atoms with Crippen LogP contribution in [0.2, 0.25) is 0 Å². The van der Waals surface area contributed by atoms with Crippen LogP contribution in [-0.4, -0.2) is 16.8 Å². The minimum absolute atomic E-state index is 0.104. The lowest BCUT2D eigenvalue weighted by Crippen LogP contribution is -2.15. The number of nitro groups is 1. The fraction of sp³-hybridized carbons (Fsp3) is 0.529. The molecule has 1 N–H and O–H groups in total. The van der Waals surface area contributed by atoms with Crippen LogP contribution in [0.15, 0.2) is 18.2 Å². The van der Waals surface area contributed by atoms with Crippen LogP contribution >= 0.6 is 0 Å². The summed E-state index contributed by atoms with van der Waals surface area (Å²) in [4.78, 5) is 34.2. The number of rotatable bonds is 10. The molecule has 0 heterocycles. The third-order valence-electron chi connectivity index (χ3n) is 3.47. The van der Waals surface area contributed by atoms with Crippen molar-refractivity contribution in [1.29, 1.82) is 0 Å². The molecule has 0 aromatic heterocycles. The maximum atomic E-state index is 11.9. The first kappa shape index (κ1) is 19.6. The molecule has 1 amide bonds. The lowest BCUT2D eigenvalue weighted by atomic mass is 10.1. The monoisotopic (exact) mass is 336 g/mol. The lowest BCUT2D eigenvalue weighted by molar-refractivity contribution is -0.384. The van der Waals surface area contributed by atoms with E-state index in [2.05, 4.69) is 5.32 Å². The molecule has 0 radical (unpaired) electrons. The number of carbonyl (C=O) groups is 2. The second-order valence-electron chi connectivity index (χ2n) is 5.48. The third-order valence-corrected chi connectivity index (χ3v) is 3.47. The van der Waals surface area contributed by atoms with Gasteiger partial charge in [0.15, 0.2) is 0 Å². The number of nitro benzene ring substituents is 1. The van der Waals surface area contributed by atoms with Crippen molar-refractivity contribution in [2.24, 2.45) is 0 Å². The highest BCUT2D eigenvalue weighted by atomic mass is 16.6. The van der Waals surface area contributed by atoms with Crippen molar-refractivity contribution in [2.45, 2.75) is 59.0 Å². The summed E-state index contributed by atoms with van der Waals surface area (Å²) >= 11 is 0. The van der Waals surface area contributed by atoms with Gasteiger partial charge < -0.3 is 10.1 Å². The van der Waals surface area contributed by atoms with Crippen molar-refractivity contribution in [3.05, 3.63) is 33.9 Å². The van der Waals surface area contributed by atoms with Crippen LogP contribution in [0.25, 0.3) is 0 Å². The molecule has 7 nitrogen and oxygen atoms in total. The van der Waals surface area contributed by atoms with Crippen LogP contribution in [0.1, 0.15) is 57.9 Å². The predicted molar refractivity (Wildman–Crippen MR) is 90.6 cm³/mol. The normalized spacial score (nSPS) is 10.2. The van der Waals surface area contributed by atoms with Crippen LogP contribution in [0.4, 0.5) is 11.4 Å². The number of hydrogen-bond donors (Lipinski definition) is 1. The smallest absolute Gasteiger partial charge is 0.306 e. The van der Waals surface area contributed by atoms with Gasteiger partial charge in [-0.2, -0.15) is 0 Å². The summed E-state index contributed by atoms with van der Waals surface area (Å²) in [5.41, 5.74) is 0.313. The fourth-order valence-corrected chi connectivity index (χ4v) is 2.09. The Morgan fingerprint density at radius 3 is 2.46 bits per heavy atom. The maximum absolute atomic E-state index is 11.9. The second-order valence-corrected chi connectivity index (χ2v) is 5.48. The number of esters is 1. The Hall–Kier alpha value is -2.44. The molecule has 0 unspecified atom stereocenters. The van der Waals surface area contributed by atoms with Crippen molar-refractivity contribution in [3.8, 4) is 0 Å². The molecule has 1 aromatic carbocycles. The van der Waals surface area contributed by atoms with Crippen LogP contribution in [0.5, 0.6) is 0 Å². The Kier molecular flexibility index (Phi) is 8.46. The Labute approximate surface area is 141 Å². The van der Waals surface area contributed by atoms with E-state index >= 15 is 0 Å². The summed E-state index contributed by atoms with van der Waals surface area (Å²) < 4.78 is 5.16. The fourth-order valence-electron chi connectivity index (χ4n) is 2.09. The second kappa shape index (κ2) is 10.4. The molecule has 1 rings (SSSR count). The molecule has 0 bridgehead atoms. The van der Waals surface area contributed by atoms with Crippen molar-refractivity contribution in [3.63, 3.8) is 0 Å². The molecule has 0 saturated carbocycles. The number of hydrogen-bond acceptors (Lipinski definition) is 5. The number of anilines is 1. The van der Waals surface area contributed by atoms with Crippen LogP contribution < -0.4 is 5.32 Å². The highest BCUT2D eigenvalue weighted by Gasteiger charge is 2.20. The minimum Gasteiger partial charge on any atom is -0.461 e. The van der Waals surface area contributed by atoms with E-state index in [1.165, 1.54) is 12.1 Å². The van der Waals surface area contributed by atoms with Crippen LogP contribution in [0.3, 0.4) is 0 Å². The zero-order valence-corrected chi connectivity index (χ0v) is 14.2. The van der Waals surface area contributed by atoms with Gasteiger partial charge in [0.1, 0.15) is 12.3 Å². The average Bonchev–Trinajstić information content (AvgIpc) is 2.56. The number of unbranched alkanes of at least 4 members (excludes halogenated alkanes) is 2. The maximum Gasteiger partial charge on any atom is 0.306 e. The molecule has 24 heavy (non-hydrogen) atoms. The van der Waals surface area contributed by atoms with Gasteiger partial charge in [0, 0.05) is 24.5 Å². The van der Waals surface area contributed by atoms with E-state index in [1.54, 1.807) is 6.07 Å². The summed E-state index contributed by atoms with van der Waals surface area (Å²) in [7, 11) is 0. The lowest BCUT2D eigenvalue weighted by Gasteiger charge is -2.12. The Bertz CT molecular complexity index is 586. The Morgan fingerprint density at radius 1 is 1.17 bits per heavy atom. The number of ether oxygens (including phenoxy) is 1. The van der Waals surface area contributed by atoms with E-state index in [0.717, 1.165) is 19.3 Å². The number of amides is 1. The molecule has 0 atom stereocenters. The van der Waals surface area contributed by atoms with E-state index in [1.807, 2.05) is 13.8 Å². The van der Waals surface area contributed by atoms with E-state index in [4.69, 9.17) is 4.74 Å². The molecule has 1 aromatic rings. The molecule has 0 aliphatic heterocycles. The van der Waals surface area contributed by atoms with Crippen molar-refractivity contribution in [2.75, 3.05) is 5.32 Å². The Balaban J connectivity index is 2.89. The molecule has 0 aliphatic rings. The van der Waals surface area contributed by atoms with Gasteiger partial charge in [-0.15, -0.1) is 0 Å². The molecular formula is C17H24N2O5. The highest BCUT2D eigenvalue weighted by molar-refractivity contribution is 5.94. The van der Waals surface area contributed by atoms with Crippen molar-refractivity contribution >= 4 is 23.3 Å². The van der Waals surface area contributed by atoms with Gasteiger partial charge in [0.05, 0.1) is 4.92 Å². The summed E-state index contributed by atoms with van der Waals surface area (Å²) in [5, 5.41) is 13.8. The van der Waals surface area contributed by atoms with Gasteiger partial charge in [-0.1, -0.05) is 38.8 Å². The predicted octanol–water partition coefficient (Wildman–Crippen LogP) is 3.96. The van der Waals surface area contributed by atoms with E-state index in [0.29, 0.717) is 18.4 Å². The molecule has 0 spiro atoms. The first-order valence-electron chi connectivity index (χ1n) is 8.21. The van der Waals surface area contributed by atoms with Crippen molar-refractivity contribution < 1.29 is 19.2 Å². The van der Waals surface area contributed by atoms with Gasteiger partial charge in [-0.3, -0.25) is 19.7 Å². The average molecular weight is 336 g/mol. The highest BCUT2D eigenvalue weighted by Crippen LogP contribution is 2.29. The van der Waals surface area contributed by atoms with Gasteiger partial charge in [-0.05, 0) is 12.8 Å². The molecule has 0 aliphatic carbocycles. The van der Waals surface area contributed by atoms with Gasteiger partial charge in [0.2, 0.25) is 5.91 Å². The van der Waals surface area contributed by atoms with E-state index < -0.39 is 4.92 Å². The summed E-state index contributed by atoms with van der Waals surface area (Å²) in [6.07, 6.45) is 3.76. The zero-order chi connectivity index (χ0) is 17.9. The van der Waals surface area contributed by atoms with Gasteiger partial charge in [-0.25, -0.2) is 0 Å². The van der Waals surface area contributed by atoms with E-state index in [-0.39, 0.29) is 36.3 Å². The number of para-hydroxylation sites is 1. The first-order chi connectivity index (χ1) is 11.5. The number of carbonyl (C=O) groups excluding carboxylic acids is 2. The van der Waals surface area contributed by atoms with Gasteiger partial charge >= 0.3 is 5.97 Å². The topological polar surface area (TPSA) is 98.5 Å². The quantitative estimate of drug-likeness (QED) is 0.396. The number of nitrogens with one attached hydrogen (secondary N) is 1. The molecule has 132 valence electrons. The standard InChI is InChI=1S/C17H24N2O5/c1-3-5-10-15(20)18-17-13(8-7-9-14(17)19(22)23)12-24-16(21)11-6-4-2/h7-9H,3-6,10-12H2,1-2H3,(H,18,20). The molecule has 0 fully saturated rings. The molecule has 0 saturated heterocycles. The van der Waals surface area contributed by atoms with E-state index in [9.17, 15) is 19.7 Å². The molecular weight excluding hydrogens is 312 g/mol. The minimum atomic E-state index is -0.558. The summed E-state index contributed by atoms with van der Waals surface area (Å²) in [6.45, 7) is 3.82. The SMILES string of the molecule is CCCCC(=O)Nc1c(COC(=O)CCCC)cccc1[N+](=O)[O-]. The first-order valence-corrected chi connectivity index (χ1v) is 8.21. The number of benzene rings is 1. The third kappa shape index (κ3) is 6.36. The van der Waals surface area contributed by atoms with Crippen molar-refractivity contribution in [1.82, 2.24) is 0 Å². The number of nitrogens with zero attached hydrogens (tertiary/aromatic N) is 1. The molecule has 7 heteroatoms. The van der Waals surface area contributed by atoms with Gasteiger partial charge in [0.25, 0.3) is 5.69 Å². The zero-order valence-electron chi connectivity index (χ0n) is 14.2. The summed E-state index contributed by atoms with van der Waals surface area (Å²) in [6, 6.07) is 4.43. The Morgan fingerprint density at radius 2 is 1.83 bits per heavy atom. The van der Waals surface area contributed by atoms with Crippen LogP contribution in [0, 0.1) is 10.1 Å². The van der Waals surface area contributed by atoms with Crippen LogP contribution in [-0.2, 0) is 20.9 Å². The summed E-state index contributed by atoms with van der Waals surface area (Å²) in [5.74, 6) is -0.642.